The molecule has 0 saturated carbocycles. The topological polar surface area (TPSA) is 24.5 Å². The van der Waals surface area contributed by atoms with Crippen LogP contribution >= 0.6 is 12.4 Å². The van der Waals surface area contributed by atoms with Crippen LogP contribution in [-0.2, 0) is 4.74 Å². The summed E-state index contributed by atoms with van der Waals surface area (Å²) in [7, 11) is 0. The lowest BCUT2D eigenvalue weighted by molar-refractivity contribution is 0.0690. The van der Waals surface area contributed by atoms with E-state index in [2.05, 4.69) is 17.1 Å². The Morgan fingerprint density at radius 1 is 1.31 bits per heavy atom. The van der Waals surface area contributed by atoms with Crippen LogP contribution in [-0.4, -0.2) is 49.8 Å². The van der Waals surface area contributed by atoms with E-state index in [4.69, 9.17) is 4.74 Å². The standard InChI is InChI=1S/C9H18N2O.ClH/c1-9(2-7-12-8-9)11-5-3-10-4-6-11;/h10H,2-8H2,1H3;1H. The number of hydrogen-bond acceptors (Lipinski definition) is 3. The molecule has 2 aliphatic heterocycles. The van der Waals surface area contributed by atoms with Gasteiger partial charge in [0.25, 0.3) is 0 Å². The van der Waals surface area contributed by atoms with Gasteiger partial charge in [-0.05, 0) is 13.3 Å². The van der Waals surface area contributed by atoms with Gasteiger partial charge in [0.15, 0.2) is 0 Å². The number of halogens is 1. The second-order valence-electron chi connectivity index (χ2n) is 4.04. The van der Waals surface area contributed by atoms with Gasteiger partial charge in [0, 0.05) is 38.3 Å². The Labute approximate surface area is 86.2 Å². The molecule has 2 aliphatic rings. The lowest BCUT2D eigenvalue weighted by Gasteiger charge is -2.39. The quantitative estimate of drug-likeness (QED) is 0.676. The van der Waals surface area contributed by atoms with Crippen LogP contribution in [0.3, 0.4) is 0 Å². The smallest absolute Gasteiger partial charge is 0.0648 e. The minimum Gasteiger partial charge on any atom is -0.379 e. The summed E-state index contributed by atoms with van der Waals surface area (Å²) in [5.74, 6) is 0. The van der Waals surface area contributed by atoms with E-state index in [1.165, 1.54) is 19.5 Å². The van der Waals surface area contributed by atoms with Crippen molar-refractivity contribution in [2.75, 3.05) is 39.4 Å². The summed E-state index contributed by atoms with van der Waals surface area (Å²) in [6.07, 6.45) is 1.20. The number of hydrogen-bond donors (Lipinski definition) is 1. The summed E-state index contributed by atoms with van der Waals surface area (Å²) in [4.78, 5) is 2.57. The van der Waals surface area contributed by atoms with Gasteiger partial charge in [-0.2, -0.15) is 0 Å². The molecule has 0 aromatic rings. The summed E-state index contributed by atoms with van der Waals surface area (Å²) in [5, 5.41) is 3.37. The Kier molecular flexibility index (Phi) is 3.98. The number of nitrogens with zero attached hydrogens (tertiary/aromatic N) is 1. The van der Waals surface area contributed by atoms with E-state index in [9.17, 15) is 0 Å². The molecule has 0 aromatic heterocycles. The molecule has 0 bridgehead atoms. The molecule has 3 nitrogen and oxygen atoms in total. The lowest BCUT2D eigenvalue weighted by atomic mass is 9.98. The first-order valence-corrected chi connectivity index (χ1v) is 4.85. The molecule has 1 N–H and O–H groups in total. The molecule has 78 valence electrons. The van der Waals surface area contributed by atoms with Gasteiger partial charge >= 0.3 is 0 Å². The van der Waals surface area contributed by atoms with Crippen LogP contribution in [0.2, 0.25) is 0 Å². The molecule has 2 fully saturated rings. The fraction of sp³-hybridized carbons (Fsp3) is 1.00. The van der Waals surface area contributed by atoms with E-state index in [1.807, 2.05) is 0 Å². The van der Waals surface area contributed by atoms with Crippen LogP contribution < -0.4 is 5.32 Å². The molecule has 0 aromatic carbocycles. The Morgan fingerprint density at radius 2 is 2.00 bits per heavy atom. The molecule has 4 heteroatoms. The third kappa shape index (κ3) is 2.34. The Bertz CT molecular complexity index is 154. The fourth-order valence-corrected chi connectivity index (χ4v) is 2.11. The van der Waals surface area contributed by atoms with Gasteiger partial charge in [0.05, 0.1) is 6.61 Å². The summed E-state index contributed by atoms with van der Waals surface area (Å²) in [6.45, 7) is 8.82. The van der Waals surface area contributed by atoms with Gasteiger partial charge in [0.1, 0.15) is 0 Å². The molecular formula is C9H19ClN2O. The molecule has 2 heterocycles. The zero-order valence-electron chi connectivity index (χ0n) is 8.21. The monoisotopic (exact) mass is 206 g/mol. The highest BCUT2D eigenvalue weighted by Crippen LogP contribution is 2.25. The molecule has 0 aliphatic carbocycles. The van der Waals surface area contributed by atoms with Crippen molar-refractivity contribution in [2.45, 2.75) is 18.9 Å². The van der Waals surface area contributed by atoms with E-state index in [-0.39, 0.29) is 12.4 Å². The highest BCUT2D eigenvalue weighted by Gasteiger charge is 2.36. The Morgan fingerprint density at radius 3 is 2.54 bits per heavy atom. The molecule has 0 radical (unpaired) electrons. The van der Waals surface area contributed by atoms with E-state index >= 15 is 0 Å². The van der Waals surface area contributed by atoms with Crippen molar-refractivity contribution in [1.29, 1.82) is 0 Å². The zero-order chi connectivity index (χ0) is 8.44. The molecule has 1 unspecified atom stereocenters. The van der Waals surface area contributed by atoms with Gasteiger partial charge in [-0.3, -0.25) is 4.90 Å². The van der Waals surface area contributed by atoms with Crippen LogP contribution in [0, 0.1) is 0 Å². The first kappa shape index (κ1) is 11.2. The third-order valence-corrected chi connectivity index (χ3v) is 3.08. The fourth-order valence-electron chi connectivity index (χ4n) is 2.11. The van der Waals surface area contributed by atoms with Crippen molar-refractivity contribution >= 4 is 12.4 Å². The first-order chi connectivity index (χ1) is 5.81. The van der Waals surface area contributed by atoms with Gasteiger partial charge in [-0.1, -0.05) is 0 Å². The van der Waals surface area contributed by atoms with Crippen molar-refractivity contribution in [3.05, 3.63) is 0 Å². The van der Waals surface area contributed by atoms with Crippen molar-refractivity contribution in [3.8, 4) is 0 Å². The predicted octanol–water partition coefficient (Wildman–Crippen LogP) is 0.492. The highest BCUT2D eigenvalue weighted by molar-refractivity contribution is 5.85. The van der Waals surface area contributed by atoms with E-state index in [0.29, 0.717) is 5.54 Å². The average molecular weight is 207 g/mol. The van der Waals surface area contributed by atoms with E-state index < -0.39 is 0 Å². The third-order valence-electron chi connectivity index (χ3n) is 3.08. The molecule has 0 spiro atoms. The summed E-state index contributed by atoms with van der Waals surface area (Å²) in [6, 6.07) is 0. The largest absolute Gasteiger partial charge is 0.379 e. The minimum atomic E-state index is 0. The maximum Gasteiger partial charge on any atom is 0.0648 e. The average Bonchev–Trinajstić information content (AvgIpc) is 2.55. The molecule has 2 rings (SSSR count). The van der Waals surface area contributed by atoms with E-state index in [0.717, 1.165) is 26.3 Å². The molecule has 13 heavy (non-hydrogen) atoms. The molecule has 1 atom stereocenters. The van der Waals surface area contributed by atoms with Crippen LogP contribution in [0.25, 0.3) is 0 Å². The number of ether oxygens (including phenoxy) is 1. The SMILES string of the molecule is CC1(N2CCNCC2)CCOC1.Cl. The number of piperazine rings is 1. The summed E-state index contributed by atoms with van der Waals surface area (Å²) >= 11 is 0. The van der Waals surface area contributed by atoms with E-state index in [1.54, 1.807) is 0 Å². The highest BCUT2D eigenvalue weighted by atomic mass is 35.5. The van der Waals surface area contributed by atoms with Gasteiger partial charge < -0.3 is 10.1 Å². The van der Waals surface area contributed by atoms with Gasteiger partial charge in [-0.25, -0.2) is 0 Å². The summed E-state index contributed by atoms with van der Waals surface area (Å²) < 4.78 is 5.45. The maximum atomic E-state index is 5.45. The second-order valence-corrected chi connectivity index (χ2v) is 4.04. The first-order valence-electron chi connectivity index (χ1n) is 4.85. The zero-order valence-corrected chi connectivity index (χ0v) is 9.03. The predicted molar refractivity (Wildman–Crippen MR) is 55.5 cm³/mol. The number of rotatable bonds is 1. The van der Waals surface area contributed by atoms with Crippen molar-refractivity contribution in [1.82, 2.24) is 10.2 Å². The Hall–Kier alpha value is 0.170. The van der Waals surface area contributed by atoms with Crippen LogP contribution in [0.15, 0.2) is 0 Å². The Balaban J connectivity index is 0.000000845. The van der Waals surface area contributed by atoms with Crippen LogP contribution in [0.4, 0.5) is 0 Å². The van der Waals surface area contributed by atoms with Crippen molar-refractivity contribution < 1.29 is 4.74 Å². The van der Waals surface area contributed by atoms with Gasteiger partial charge in [-0.15, -0.1) is 12.4 Å². The van der Waals surface area contributed by atoms with Crippen molar-refractivity contribution in [3.63, 3.8) is 0 Å². The minimum absolute atomic E-state index is 0. The second kappa shape index (κ2) is 4.60. The van der Waals surface area contributed by atoms with Crippen molar-refractivity contribution in [2.24, 2.45) is 0 Å². The number of nitrogens with one attached hydrogen (secondary N) is 1. The maximum absolute atomic E-state index is 5.45. The molecule has 2 saturated heterocycles. The lowest BCUT2D eigenvalue weighted by Crippen LogP contribution is -2.55. The molecule has 0 amide bonds. The molecular weight excluding hydrogens is 188 g/mol. The normalized spacial score (nSPS) is 35.8. The summed E-state index contributed by atoms with van der Waals surface area (Å²) in [5.41, 5.74) is 0.335. The van der Waals surface area contributed by atoms with Crippen LogP contribution in [0.1, 0.15) is 13.3 Å². The van der Waals surface area contributed by atoms with Crippen LogP contribution in [0.5, 0.6) is 0 Å². The van der Waals surface area contributed by atoms with Gasteiger partial charge in [0.2, 0.25) is 0 Å².